The molecule has 0 amide bonds. The summed E-state index contributed by atoms with van der Waals surface area (Å²) in [5, 5.41) is 103. The Morgan fingerprint density at radius 1 is 0.414 bits per heavy atom. The van der Waals surface area contributed by atoms with Crippen LogP contribution in [-0.2, 0) is 57.5 Å². The quantitative estimate of drug-likeness (QED) is 0.0237. The van der Waals surface area contributed by atoms with Crippen molar-refractivity contribution in [3.05, 3.63) is 48.6 Å². The molecule has 13 N–H and O–H groups in total. The number of aliphatic carboxylic acids is 12. The zero-order valence-electron chi connectivity index (χ0n) is 39.6. The molecule has 26 heteroatoms. The summed E-state index contributed by atoms with van der Waals surface area (Å²) >= 11 is 0. The van der Waals surface area contributed by atoms with E-state index in [0.717, 1.165) is 57.4 Å². The molecule has 0 aromatic heterocycles. The highest BCUT2D eigenvalue weighted by Gasteiger charge is 2.05. The van der Waals surface area contributed by atoms with Crippen LogP contribution in [0.5, 0.6) is 0 Å². The number of carbonyl (C=O) groups is 13. The van der Waals surface area contributed by atoms with Crippen molar-refractivity contribution in [3.8, 4) is 0 Å². The van der Waals surface area contributed by atoms with Crippen molar-refractivity contribution in [3.63, 3.8) is 0 Å². The number of rotatable bonds is 24. The van der Waals surface area contributed by atoms with E-state index in [9.17, 15) is 52.7 Å². The van der Waals surface area contributed by atoms with Crippen molar-refractivity contribution < 1.29 is 129 Å². The van der Waals surface area contributed by atoms with Crippen LogP contribution in [0.1, 0.15) is 154 Å². The third-order valence-corrected chi connectivity index (χ3v) is 6.50. The van der Waals surface area contributed by atoms with Crippen LogP contribution in [0.2, 0.25) is 0 Å². The van der Waals surface area contributed by atoms with Crippen molar-refractivity contribution in [2.24, 2.45) is 5.92 Å². The molecule has 1 aromatic carbocycles. The van der Waals surface area contributed by atoms with Gasteiger partial charge in [-0.05, 0) is 37.8 Å². The largest absolute Gasteiger partial charge is 0.481 e. The molecule has 0 radical (unpaired) electrons. The van der Waals surface area contributed by atoms with Gasteiger partial charge in [0, 0.05) is 31.8 Å². The monoisotopic (exact) mass is 1010 g/mol. The van der Waals surface area contributed by atoms with Gasteiger partial charge in [0.1, 0.15) is 6.42 Å². The summed E-state index contributed by atoms with van der Waals surface area (Å²) in [4.78, 5) is 125. The maximum atomic E-state index is 10.2. The predicted octanol–water partition coefficient (Wildman–Crippen LogP) is 6.19. The van der Waals surface area contributed by atoms with E-state index in [1.807, 2.05) is 0 Å². The predicted molar refractivity (Wildman–Crippen MR) is 245 cm³/mol. The topological polar surface area (TPSA) is 485 Å². The van der Waals surface area contributed by atoms with E-state index in [1.165, 1.54) is 6.42 Å². The summed E-state index contributed by atoms with van der Waals surface area (Å²) in [7, 11) is 0. The Bertz CT molecular complexity index is 1600. The fourth-order valence-electron chi connectivity index (χ4n) is 3.06. The van der Waals surface area contributed by atoms with Crippen molar-refractivity contribution in [1.29, 1.82) is 0 Å². The van der Waals surface area contributed by atoms with Gasteiger partial charge in [-0.1, -0.05) is 97.4 Å². The molecule has 70 heavy (non-hydrogen) atoms. The van der Waals surface area contributed by atoms with Gasteiger partial charge in [-0.25, -0.2) is 19.2 Å². The first kappa shape index (κ1) is 79.2. The third-order valence-electron chi connectivity index (χ3n) is 6.50. The van der Waals surface area contributed by atoms with Gasteiger partial charge in [-0.2, -0.15) is 0 Å². The van der Waals surface area contributed by atoms with E-state index < -0.39 is 84.0 Å². The Morgan fingerprint density at radius 3 is 0.814 bits per heavy atom. The lowest BCUT2D eigenvalue weighted by atomic mass is 10.1. The number of hydrogen-bond donors (Lipinski definition) is 13. The summed E-state index contributed by atoms with van der Waals surface area (Å²) in [6.07, 6.45) is 10.5. The van der Waals surface area contributed by atoms with Gasteiger partial charge >= 0.3 is 77.6 Å². The number of aromatic carboxylic acids is 1. The van der Waals surface area contributed by atoms with Crippen molar-refractivity contribution >= 4 is 77.6 Å². The molecule has 0 bridgehead atoms. The van der Waals surface area contributed by atoms with Crippen LogP contribution in [0, 0.1) is 5.92 Å². The van der Waals surface area contributed by atoms with Crippen LogP contribution in [0.25, 0.3) is 0 Å². The fourth-order valence-corrected chi connectivity index (χ4v) is 3.06. The highest BCUT2D eigenvalue weighted by Crippen LogP contribution is 2.05. The molecule has 1 aromatic rings. The minimum absolute atomic E-state index is 0.188. The molecule has 402 valence electrons. The molecular formula is C44H70O26. The molecule has 0 aliphatic carbocycles. The minimum Gasteiger partial charge on any atom is -0.481 e. The second-order valence-corrected chi connectivity index (χ2v) is 13.3. The standard InChI is InChI=1S/C8H14O4.C7H6O2.C7H14O2.C6H12O2.C4H6O4.C4H8O2.C3H4O4.C3H4O2.C2H2O4/c9-7(10)5-3-1-2-4-6-8(11)12;8-7(9)6-4-2-1-3-5-6;1-2-3-4-5-6-7(8)9;1-2-3-4-5-6(7)8;5-3(6)1-2-4(7)8;1-3(2)4(5)6;4-2(5)1-3(6)7;1-2-3(4)5;3-1(4)2(5)6/h1-6H2,(H,9,10)(H,11,12);1-5H,(H,8,9);2-6H2,1H3,(H,8,9);2-5H2,1H3,(H,7,8);1-2H2,(H,5,6)(H,7,8);3H,1-2H3,(H,5,6);1H2,(H,4,5)(H,6,7);2H,1H2,(H,4,5);(H,3,4)(H,5,6). The highest BCUT2D eigenvalue weighted by atomic mass is 16.4. The van der Waals surface area contributed by atoms with E-state index in [-0.39, 0.29) is 31.6 Å². The van der Waals surface area contributed by atoms with E-state index >= 15 is 0 Å². The smallest absolute Gasteiger partial charge is 0.414 e. The molecule has 1 rings (SSSR count). The van der Waals surface area contributed by atoms with Gasteiger partial charge in [-0.15, -0.1) is 0 Å². The van der Waals surface area contributed by atoms with Gasteiger partial charge in [0.2, 0.25) is 0 Å². The molecule has 0 aliphatic heterocycles. The lowest BCUT2D eigenvalue weighted by Gasteiger charge is -1.96. The maximum absolute atomic E-state index is 10.2. The van der Waals surface area contributed by atoms with Gasteiger partial charge in [0.05, 0.1) is 24.3 Å². The molecule has 0 fully saturated rings. The molecule has 0 saturated heterocycles. The number of unbranched alkanes of at least 4 members (excludes halogenated alkanes) is 8. The summed E-state index contributed by atoms with van der Waals surface area (Å²) in [5.41, 5.74) is 0.331. The first-order chi connectivity index (χ1) is 32.3. The minimum atomic E-state index is -1.82. The van der Waals surface area contributed by atoms with Crippen LogP contribution in [0.3, 0.4) is 0 Å². The van der Waals surface area contributed by atoms with Crippen LogP contribution in [0.15, 0.2) is 43.0 Å². The Kier molecular flexibility index (Phi) is 66.8. The van der Waals surface area contributed by atoms with E-state index in [1.54, 1.807) is 44.2 Å². The van der Waals surface area contributed by atoms with Crippen LogP contribution in [-0.4, -0.2) is 144 Å². The zero-order valence-corrected chi connectivity index (χ0v) is 39.6. The van der Waals surface area contributed by atoms with Crippen LogP contribution >= 0.6 is 0 Å². The summed E-state index contributed by atoms with van der Waals surface area (Å²) in [5.74, 6) is -14.2. The van der Waals surface area contributed by atoms with E-state index in [0.29, 0.717) is 31.2 Å². The number of benzene rings is 1. The number of carboxylic acids is 13. The van der Waals surface area contributed by atoms with Gasteiger partial charge in [-0.3, -0.25) is 43.2 Å². The van der Waals surface area contributed by atoms with Gasteiger partial charge in [0.15, 0.2) is 0 Å². The molecule has 0 spiro atoms. The number of carboxylic acid groups (broad SMARTS) is 13. The fraction of sp³-hybridized carbons (Fsp3) is 0.523. The lowest BCUT2D eigenvalue weighted by Crippen LogP contribution is -2.09. The Labute approximate surface area is 403 Å². The van der Waals surface area contributed by atoms with E-state index in [2.05, 4.69) is 20.4 Å². The first-order valence-electron chi connectivity index (χ1n) is 20.9. The van der Waals surface area contributed by atoms with Gasteiger partial charge in [0.25, 0.3) is 0 Å². The Hall–Kier alpha value is -7.93. The van der Waals surface area contributed by atoms with Crippen LogP contribution in [0.4, 0.5) is 0 Å². The van der Waals surface area contributed by atoms with Crippen molar-refractivity contribution in [2.45, 2.75) is 143 Å². The first-order valence-corrected chi connectivity index (χ1v) is 20.9. The Balaban J connectivity index is -0.000000104. The zero-order chi connectivity index (χ0) is 56.6. The summed E-state index contributed by atoms with van der Waals surface area (Å²) in [6.45, 7) is 10.4. The average molecular weight is 1020 g/mol. The molecule has 0 aliphatic rings. The average Bonchev–Trinajstić information content (AvgIpc) is 3.24. The molecule has 0 atom stereocenters. The summed E-state index contributed by atoms with van der Waals surface area (Å²) < 4.78 is 0. The second-order valence-electron chi connectivity index (χ2n) is 13.3. The van der Waals surface area contributed by atoms with Crippen molar-refractivity contribution in [2.75, 3.05) is 0 Å². The highest BCUT2D eigenvalue weighted by molar-refractivity contribution is 6.27. The van der Waals surface area contributed by atoms with Gasteiger partial charge < -0.3 is 66.4 Å². The molecule has 0 heterocycles. The number of hydrogen-bond acceptors (Lipinski definition) is 13. The Morgan fingerprint density at radius 2 is 0.657 bits per heavy atom. The van der Waals surface area contributed by atoms with E-state index in [4.69, 9.17) is 76.0 Å². The lowest BCUT2D eigenvalue weighted by molar-refractivity contribution is -0.159. The molecule has 0 saturated carbocycles. The molecular weight excluding hydrogens is 944 g/mol. The summed E-state index contributed by atoms with van der Waals surface area (Å²) in [6, 6.07) is 8.30. The maximum Gasteiger partial charge on any atom is 0.414 e. The normalized spacial score (nSPS) is 8.70. The van der Waals surface area contributed by atoms with Crippen LogP contribution < -0.4 is 0 Å². The van der Waals surface area contributed by atoms with Crippen molar-refractivity contribution in [1.82, 2.24) is 0 Å². The third kappa shape index (κ3) is 113. The second kappa shape index (κ2) is 59.1. The SMILES string of the molecule is C=CC(=O)O.CC(C)C(=O)O.CCCCCC(=O)O.CCCCCCC(=O)O.O=C(O)C(=O)O.O=C(O)CC(=O)O.O=C(O)CCC(=O)O.O=C(O)CCCCCCC(=O)O.O=C(O)c1ccccc1. The molecule has 26 nitrogen and oxygen atoms in total. The molecule has 0 unspecified atom stereocenters.